The van der Waals surface area contributed by atoms with Gasteiger partial charge in [0, 0.05) is 112 Å². The minimum absolute atomic E-state index is 0. The van der Waals surface area contributed by atoms with E-state index in [2.05, 4.69) is 0 Å². The first-order valence-electron chi connectivity index (χ1n) is 0. The van der Waals surface area contributed by atoms with Crippen LogP contribution in [0.2, 0.25) is 0 Å². The van der Waals surface area contributed by atoms with Crippen LogP contribution >= 0.6 is 0 Å². The molecule has 0 aliphatic heterocycles. The number of hydrogen-bond donors (Lipinski definition) is 0. The molecule has 0 aliphatic carbocycles. The van der Waals surface area contributed by atoms with Crippen LogP contribution in [0.4, 0.5) is 0 Å². The molecule has 0 unspecified atom stereocenters. The van der Waals surface area contributed by atoms with Crippen molar-refractivity contribution in [1.82, 2.24) is 0 Å². The molecule has 0 saturated heterocycles. The fourth-order valence-corrected chi connectivity index (χ4v) is 0. The van der Waals surface area contributed by atoms with Crippen molar-refractivity contribution in [2.75, 3.05) is 0 Å². The van der Waals surface area contributed by atoms with Crippen LogP contribution in [0, 0.1) is 0 Å². The molecule has 4 heavy (non-hydrogen) atoms. The van der Waals surface area contributed by atoms with Crippen molar-refractivity contribution in [3.05, 3.63) is 0 Å². The monoisotopic (exact) mass is 286 g/mol. The molecule has 0 aromatic heterocycles. The zero-order valence-corrected chi connectivity index (χ0v) is 12.4. The molecule has 0 fully saturated rings. The molecule has 0 heterocycles. The minimum Gasteiger partial charge on any atom is 0 e. The first-order chi connectivity index (χ1) is 0. The van der Waals surface area contributed by atoms with Gasteiger partial charge in [0.15, 0.2) is 0 Å². The number of rotatable bonds is 0. The molecule has 0 aromatic rings. The van der Waals surface area contributed by atoms with Gasteiger partial charge in [0.25, 0.3) is 0 Å². The van der Waals surface area contributed by atoms with Crippen molar-refractivity contribution in [3.8, 4) is 0 Å². The van der Waals surface area contributed by atoms with Gasteiger partial charge < -0.3 is 0 Å². The van der Waals surface area contributed by atoms with Crippen molar-refractivity contribution in [2.24, 2.45) is 0 Å². The predicted octanol–water partition coefficient (Wildman–Crippen LogP) is -0.767. The average Bonchev–Trinajstić information content (AvgIpc) is 0. The molecule has 18 valence electrons. The van der Waals surface area contributed by atoms with Gasteiger partial charge in [-0.3, -0.25) is 0 Å². The van der Waals surface area contributed by atoms with Crippen molar-refractivity contribution in [3.63, 3.8) is 0 Å². The van der Waals surface area contributed by atoms with Crippen LogP contribution in [0.15, 0.2) is 0 Å². The summed E-state index contributed by atoms with van der Waals surface area (Å²) in [5, 5.41) is 0. The van der Waals surface area contributed by atoms with Crippen LogP contribution in [-0.2, 0) is 36.5 Å². The van der Waals surface area contributed by atoms with Crippen LogP contribution in [0.3, 0.4) is 0 Å². The maximum atomic E-state index is 0. The molecule has 0 amide bonds. The Balaban J connectivity index is 0. The summed E-state index contributed by atoms with van der Waals surface area (Å²) in [5.74, 6) is 0. The van der Waals surface area contributed by atoms with Gasteiger partial charge in [-0.05, 0) is 0 Å². The van der Waals surface area contributed by atoms with Crippen molar-refractivity contribution in [2.45, 2.75) is 0 Å². The van der Waals surface area contributed by atoms with Gasteiger partial charge in [0.05, 0.1) is 0 Å². The predicted molar refractivity (Wildman–Crippen MR) is 11.5 cm³/mol. The van der Waals surface area contributed by atoms with Gasteiger partial charge in [-0.25, -0.2) is 0 Å². The van der Waals surface area contributed by atoms with Crippen molar-refractivity contribution in [1.29, 1.82) is 0 Å². The minimum atomic E-state index is 0. The fourth-order valence-electron chi connectivity index (χ4n) is 0. The third-order valence-corrected chi connectivity index (χ3v) is 0. The summed E-state index contributed by atoms with van der Waals surface area (Å²) in [6.45, 7) is 0. The van der Waals surface area contributed by atoms with Crippen molar-refractivity contribution < 1.29 is 36.5 Å². The van der Waals surface area contributed by atoms with E-state index >= 15 is 0 Å². The SMILES string of the molecule is [Cu].[K].[Sn].[Zn]. The summed E-state index contributed by atoms with van der Waals surface area (Å²) in [6.07, 6.45) is 0. The molecule has 4 heteroatoms. The van der Waals surface area contributed by atoms with Crippen LogP contribution in [0.1, 0.15) is 0 Å². The van der Waals surface area contributed by atoms with Crippen LogP contribution in [0.25, 0.3) is 0 Å². The van der Waals surface area contributed by atoms with Gasteiger partial charge in [0.2, 0.25) is 0 Å². The summed E-state index contributed by atoms with van der Waals surface area (Å²) in [4.78, 5) is 0. The van der Waals surface area contributed by atoms with Crippen molar-refractivity contribution >= 4 is 75.3 Å². The molecular formula is CuKSnZn. The molecule has 0 saturated carbocycles. The molecule has 0 bridgehead atoms. The van der Waals surface area contributed by atoms with Gasteiger partial charge in [0.1, 0.15) is 0 Å². The third-order valence-electron chi connectivity index (χ3n) is 0. The van der Waals surface area contributed by atoms with E-state index in [1.165, 1.54) is 0 Å². The fraction of sp³-hybridized carbons (Fsp3) is 0. The summed E-state index contributed by atoms with van der Waals surface area (Å²) < 4.78 is 0. The maximum Gasteiger partial charge on any atom is 0 e. The zero-order chi connectivity index (χ0) is 0. The Morgan fingerprint density at radius 3 is 1.00 bits per heavy atom. The normalized spacial score (nSPS) is 0. The van der Waals surface area contributed by atoms with Gasteiger partial charge in [-0.1, -0.05) is 0 Å². The Morgan fingerprint density at radius 2 is 1.00 bits per heavy atom. The van der Waals surface area contributed by atoms with Crippen LogP contribution < -0.4 is 0 Å². The third kappa shape index (κ3) is 9.13. The molecule has 0 aromatic carbocycles. The molecule has 0 atom stereocenters. The van der Waals surface area contributed by atoms with E-state index in [1.54, 1.807) is 0 Å². The number of hydrogen-bond acceptors (Lipinski definition) is 0. The standard InChI is InChI=1S/Cu.K.Sn.Zn. The topological polar surface area (TPSA) is 0 Å². The van der Waals surface area contributed by atoms with Crippen LogP contribution in [-0.4, -0.2) is 75.3 Å². The van der Waals surface area contributed by atoms with E-state index in [9.17, 15) is 0 Å². The average molecular weight is 287 g/mol. The van der Waals surface area contributed by atoms with Crippen LogP contribution in [0.5, 0.6) is 0 Å². The smallest absolute Gasteiger partial charge is 0 e. The molecule has 0 N–H and O–H groups in total. The van der Waals surface area contributed by atoms with Gasteiger partial charge in [-0.15, -0.1) is 0 Å². The van der Waals surface area contributed by atoms with E-state index in [4.69, 9.17) is 0 Å². The largest absolute Gasteiger partial charge is 0 e. The zero-order valence-electron chi connectivity index (χ0n) is 2.51. The quantitative estimate of drug-likeness (QED) is 0.513. The Kier molecular flexibility index (Phi) is 102. The first kappa shape index (κ1) is 25.6. The van der Waals surface area contributed by atoms with E-state index in [0.717, 1.165) is 0 Å². The van der Waals surface area contributed by atoms with E-state index in [-0.39, 0.29) is 112 Å². The Labute approximate surface area is 109 Å². The maximum absolute atomic E-state index is 0. The Bertz CT molecular complexity index is 8.00. The molecule has 0 spiro atoms. The molecular weight excluding hydrogens is 287 g/mol. The van der Waals surface area contributed by atoms with E-state index in [1.807, 2.05) is 0 Å². The van der Waals surface area contributed by atoms with E-state index in [0.29, 0.717) is 0 Å². The molecule has 0 nitrogen and oxygen atoms in total. The molecule has 0 aliphatic rings. The van der Waals surface area contributed by atoms with Gasteiger partial charge >= 0.3 is 0 Å². The molecule has 0 rings (SSSR count). The second-order valence-electron chi connectivity index (χ2n) is 0. The second-order valence-corrected chi connectivity index (χ2v) is 0. The first-order valence-corrected chi connectivity index (χ1v) is 0. The summed E-state index contributed by atoms with van der Waals surface area (Å²) >= 11 is 0. The Morgan fingerprint density at radius 1 is 1.00 bits per heavy atom. The summed E-state index contributed by atoms with van der Waals surface area (Å²) in [7, 11) is 0. The van der Waals surface area contributed by atoms with E-state index < -0.39 is 0 Å². The second kappa shape index (κ2) is 16.0. The van der Waals surface area contributed by atoms with Gasteiger partial charge in [-0.2, -0.15) is 0 Å². The molecule has 6 radical (unpaired) electrons. The Hall–Kier alpha value is 3.58. The summed E-state index contributed by atoms with van der Waals surface area (Å²) in [6, 6.07) is 0. The summed E-state index contributed by atoms with van der Waals surface area (Å²) in [5.41, 5.74) is 0.